The molecule has 1 heterocycles. The fourth-order valence-corrected chi connectivity index (χ4v) is 0.720. The minimum Gasteiger partial charge on any atom is -0.286 e. The molecule has 0 amide bonds. The van der Waals surface area contributed by atoms with Crippen LogP contribution in [0.2, 0.25) is 0 Å². The fourth-order valence-electron chi connectivity index (χ4n) is 0.583. The van der Waals surface area contributed by atoms with Crippen molar-refractivity contribution in [3.8, 4) is 0 Å². The third-order valence-corrected chi connectivity index (χ3v) is 1.77. The first-order valence-corrected chi connectivity index (χ1v) is 3.13. The summed E-state index contributed by atoms with van der Waals surface area (Å²) < 4.78 is 3.26. The molecule has 1 aromatic rings. The molecule has 0 spiro atoms. The molecule has 0 saturated heterocycles. The van der Waals surface area contributed by atoms with Gasteiger partial charge in [-0.25, -0.2) is 4.68 Å². The topological polar surface area (TPSA) is 39.8 Å². The van der Waals surface area contributed by atoms with Gasteiger partial charge in [0.15, 0.2) is 4.77 Å². The number of hydrogen-bond acceptors (Lipinski definition) is 3. The highest BCUT2D eigenvalue weighted by Crippen LogP contribution is 1.77. The Morgan fingerprint density at radius 2 is 2.20 bits per heavy atom. The van der Waals surface area contributed by atoms with Crippen molar-refractivity contribution in [2.75, 3.05) is 0 Å². The van der Waals surface area contributed by atoms with Crippen molar-refractivity contribution in [2.45, 2.75) is 0 Å². The van der Waals surface area contributed by atoms with E-state index in [0.29, 0.717) is 4.77 Å². The van der Waals surface area contributed by atoms with Crippen molar-refractivity contribution < 1.29 is 0 Å². The Hall–Kier alpha value is -0.970. The Morgan fingerprint density at radius 1 is 1.60 bits per heavy atom. The van der Waals surface area contributed by atoms with Crippen molar-refractivity contribution in [3.05, 3.63) is 21.3 Å². The Kier molecular flexibility index (Phi) is 1.67. The van der Waals surface area contributed by atoms with Crippen LogP contribution in [0.5, 0.6) is 0 Å². The van der Waals surface area contributed by atoms with E-state index in [-0.39, 0.29) is 5.56 Å². The van der Waals surface area contributed by atoms with E-state index in [9.17, 15) is 4.79 Å². The van der Waals surface area contributed by atoms with E-state index < -0.39 is 0 Å². The highest BCUT2D eigenvalue weighted by atomic mass is 32.1. The maximum absolute atomic E-state index is 10.8. The van der Waals surface area contributed by atoms with Crippen molar-refractivity contribution in [3.63, 3.8) is 0 Å². The molecule has 0 N–H and O–H groups in total. The van der Waals surface area contributed by atoms with Crippen LogP contribution in [-0.4, -0.2) is 14.3 Å². The van der Waals surface area contributed by atoms with Crippen LogP contribution in [0.15, 0.2) is 11.0 Å². The van der Waals surface area contributed by atoms with Gasteiger partial charge in [0.25, 0.3) is 5.56 Å². The monoisotopic (exact) mass is 157 g/mol. The molecule has 0 aromatic carbocycles. The summed E-state index contributed by atoms with van der Waals surface area (Å²) >= 11 is 4.85. The lowest BCUT2D eigenvalue weighted by molar-refractivity contribution is 0.626. The smallest absolute Gasteiger partial charge is 0.272 e. The summed E-state index contributed by atoms with van der Waals surface area (Å²) in [6.07, 6.45) is 1.23. The van der Waals surface area contributed by atoms with Crippen molar-refractivity contribution in [2.24, 2.45) is 14.1 Å². The molecule has 4 nitrogen and oxygen atoms in total. The number of rotatable bonds is 0. The summed E-state index contributed by atoms with van der Waals surface area (Å²) in [4.78, 5) is 10.8. The van der Waals surface area contributed by atoms with E-state index in [0.717, 1.165) is 0 Å². The maximum Gasteiger partial charge on any atom is 0.272 e. The average Bonchev–Trinajstić information content (AvgIpc) is 1.93. The van der Waals surface area contributed by atoms with Gasteiger partial charge in [-0.15, -0.1) is 0 Å². The Balaban J connectivity index is 3.66. The van der Waals surface area contributed by atoms with Crippen LogP contribution in [0.25, 0.3) is 0 Å². The van der Waals surface area contributed by atoms with Crippen LogP contribution >= 0.6 is 12.2 Å². The van der Waals surface area contributed by atoms with Gasteiger partial charge in [0.2, 0.25) is 0 Å². The van der Waals surface area contributed by atoms with E-state index in [1.54, 1.807) is 14.1 Å². The van der Waals surface area contributed by atoms with Crippen LogP contribution in [0.4, 0.5) is 0 Å². The first-order chi connectivity index (χ1) is 4.63. The lowest BCUT2D eigenvalue weighted by Crippen LogP contribution is -2.21. The van der Waals surface area contributed by atoms with Gasteiger partial charge in [0, 0.05) is 14.1 Å². The van der Waals surface area contributed by atoms with Crippen molar-refractivity contribution in [1.29, 1.82) is 0 Å². The van der Waals surface area contributed by atoms with Gasteiger partial charge in [0.1, 0.15) is 6.20 Å². The second-order valence-corrected chi connectivity index (χ2v) is 2.31. The average molecular weight is 157 g/mol. The number of aryl methyl sites for hydroxylation is 1. The van der Waals surface area contributed by atoms with Crippen LogP contribution in [0.3, 0.4) is 0 Å². The molecule has 0 fully saturated rings. The molecule has 10 heavy (non-hydrogen) atoms. The van der Waals surface area contributed by atoms with Crippen molar-refractivity contribution in [1.82, 2.24) is 14.3 Å². The number of hydrogen-bond donors (Lipinski definition) is 0. The summed E-state index contributed by atoms with van der Waals surface area (Å²) in [5.74, 6) is 0. The zero-order valence-corrected chi connectivity index (χ0v) is 6.55. The molecule has 0 radical (unpaired) electrons. The van der Waals surface area contributed by atoms with E-state index in [1.165, 1.54) is 15.4 Å². The van der Waals surface area contributed by atoms with Gasteiger partial charge in [0.05, 0.1) is 0 Å². The molecule has 0 aliphatic carbocycles. The lowest BCUT2D eigenvalue weighted by atomic mass is 10.8. The molecular weight excluding hydrogens is 150 g/mol. The Labute approximate surface area is 62.7 Å². The summed E-state index contributed by atoms with van der Waals surface area (Å²) in [5.41, 5.74) is -0.178. The Morgan fingerprint density at radius 3 is 2.70 bits per heavy atom. The van der Waals surface area contributed by atoms with Crippen LogP contribution < -0.4 is 5.56 Å². The second-order valence-electron chi connectivity index (χ2n) is 1.95. The van der Waals surface area contributed by atoms with Gasteiger partial charge in [-0.05, 0) is 12.2 Å². The van der Waals surface area contributed by atoms with Gasteiger partial charge < -0.3 is 0 Å². The predicted octanol–water partition coefficient (Wildman–Crippen LogP) is -0.152. The molecule has 1 rings (SSSR count). The molecule has 1 aromatic heterocycles. The highest BCUT2D eigenvalue weighted by Gasteiger charge is 1.91. The van der Waals surface area contributed by atoms with Crippen LogP contribution in [-0.2, 0) is 14.1 Å². The first-order valence-electron chi connectivity index (χ1n) is 2.72. The standard InChI is InChI=1S/C5H7N3OS/c1-7-4(9)3-6-8(2)5(7)10/h3H,1-2H3. The third-order valence-electron chi connectivity index (χ3n) is 1.24. The minimum atomic E-state index is -0.178. The van der Waals surface area contributed by atoms with Gasteiger partial charge in [-0.2, -0.15) is 5.10 Å². The van der Waals surface area contributed by atoms with E-state index in [4.69, 9.17) is 12.2 Å². The molecule has 0 unspecified atom stereocenters. The third kappa shape index (κ3) is 0.995. The maximum atomic E-state index is 10.8. The SMILES string of the molecule is Cn1ncc(=O)n(C)c1=S. The molecule has 54 valence electrons. The zero-order valence-electron chi connectivity index (χ0n) is 5.74. The molecule has 0 aliphatic heterocycles. The Bertz CT molecular complexity index is 351. The summed E-state index contributed by atoms with van der Waals surface area (Å²) in [6, 6.07) is 0. The molecule has 0 atom stereocenters. The van der Waals surface area contributed by atoms with Crippen LogP contribution in [0, 0.1) is 4.77 Å². The number of nitrogens with zero attached hydrogens (tertiary/aromatic N) is 3. The summed E-state index contributed by atoms with van der Waals surface area (Å²) in [7, 11) is 3.31. The van der Waals surface area contributed by atoms with E-state index in [2.05, 4.69) is 5.10 Å². The zero-order chi connectivity index (χ0) is 7.72. The van der Waals surface area contributed by atoms with E-state index >= 15 is 0 Å². The lowest BCUT2D eigenvalue weighted by Gasteiger charge is -1.98. The largest absolute Gasteiger partial charge is 0.286 e. The van der Waals surface area contributed by atoms with Gasteiger partial charge in [-0.3, -0.25) is 9.36 Å². The van der Waals surface area contributed by atoms with Gasteiger partial charge >= 0.3 is 0 Å². The highest BCUT2D eigenvalue weighted by molar-refractivity contribution is 7.71. The van der Waals surface area contributed by atoms with Crippen molar-refractivity contribution >= 4 is 12.2 Å². The normalized spacial score (nSPS) is 9.80. The molecule has 5 heteroatoms. The van der Waals surface area contributed by atoms with Crippen LogP contribution in [0.1, 0.15) is 0 Å². The van der Waals surface area contributed by atoms with Gasteiger partial charge in [-0.1, -0.05) is 0 Å². The molecule has 0 aliphatic rings. The molecule has 0 saturated carbocycles. The predicted molar refractivity (Wildman–Crippen MR) is 39.3 cm³/mol. The minimum absolute atomic E-state index is 0.178. The fraction of sp³-hybridized carbons (Fsp3) is 0.400. The molecule has 0 bridgehead atoms. The quantitative estimate of drug-likeness (QED) is 0.492. The summed E-state index contributed by atoms with van der Waals surface area (Å²) in [5, 5.41) is 3.72. The number of aromatic nitrogens is 3. The second kappa shape index (κ2) is 2.34. The molecular formula is C5H7N3OS. The van der Waals surface area contributed by atoms with E-state index in [1.807, 2.05) is 0 Å². The first kappa shape index (κ1) is 7.14. The summed E-state index contributed by atoms with van der Waals surface area (Å²) in [6.45, 7) is 0.